The summed E-state index contributed by atoms with van der Waals surface area (Å²) in [6.45, 7) is 5.10. The van der Waals surface area contributed by atoms with Crippen molar-refractivity contribution >= 4 is 23.5 Å². The monoisotopic (exact) mass is 422 g/mol. The van der Waals surface area contributed by atoms with Crippen molar-refractivity contribution in [2.75, 3.05) is 37.0 Å². The Kier molecular flexibility index (Phi) is 6.81. The molecule has 2 heterocycles. The number of benzene rings is 2. The van der Waals surface area contributed by atoms with Crippen molar-refractivity contribution in [3.63, 3.8) is 0 Å². The number of nitrogens with zero attached hydrogens (tertiary/aromatic N) is 4. The summed E-state index contributed by atoms with van der Waals surface area (Å²) in [7, 11) is 0. The highest BCUT2D eigenvalue weighted by Gasteiger charge is 2.21. The molecule has 0 radical (unpaired) electrons. The van der Waals surface area contributed by atoms with Gasteiger partial charge in [-0.1, -0.05) is 54.2 Å². The van der Waals surface area contributed by atoms with Crippen molar-refractivity contribution in [1.29, 1.82) is 0 Å². The molecule has 30 heavy (non-hydrogen) atoms. The van der Waals surface area contributed by atoms with Crippen LogP contribution in [0.2, 0.25) is 0 Å². The molecule has 0 bridgehead atoms. The van der Waals surface area contributed by atoms with Crippen LogP contribution < -0.4 is 4.90 Å². The second kappa shape index (κ2) is 9.91. The third-order valence-corrected chi connectivity index (χ3v) is 6.06. The molecule has 0 amide bonds. The topological polar surface area (TPSA) is 60.2 Å². The standard InChI is InChI=1S/C23H26N4O2S/c1-18-7-5-10-20(17-18)27-22(26-12-14-29-15-13-26)24-25-23(27)30-16-6-11-21(28)19-8-3-2-4-9-19/h2-5,7-10,17H,6,11-16H2,1H3. The number of aromatic nitrogens is 3. The van der Waals surface area contributed by atoms with Crippen LogP contribution >= 0.6 is 11.8 Å². The van der Waals surface area contributed by atoms with Gasteiger partial charge in [0.2, 0.25) is 5.95 Å². The lowest BCUT2D eigenvalue weighted by Crippen LogP contribution is -2.37. The van der Waals surface area contributed by atoms with Crippen LogP contribution in [0.25, 0.3) is 5.69 Å². The van der Waals surface area contributed by atoms with Gasteiger partial charge in [0.05, 0.1) is 18.9 Å². The van der Waals surface area contributed by atoms with Gasteiger partial charge in [-0.15, -0.1) is 10.2 Å². The van der Waals surface area contributed by atoms with Gasteiger partial charge < -0.3 is 9.64 Å². The third-order valence-electron chi connectivity index (χ3n) is 5.05. The second-order valence-electron chi connectivity index (χ2n) is 7.30. The normalized spacial score (nSPS) is 14.1. The molecule has 156 valence electrons. The van der Waals surface area contributed by atoms with Crippen LogP contribution in [-0.4, -0.2) is 52.6 Å². The minimum absolute atomic E-state index is 0.186. The molecular weight excluding hydrogens is 396 g/mol. The highest BCUT2D eigenvalue weighted by atomic mass is 32.2. The van der Waals surface area contributed by atoms with E-state index in [0.717, 1.165) is 47.6 Å². The number of morpholine rings is 1. The number of carbonyl (C=O) groups excluding carboxylic acids is 1. The number of aryl methyl sites for hydroxylation is 1. The fraction of sp³-hybridized carbons (Fsp3) is 0.348. The van der Waals surface area contributed by atoms with Crippen molar-refractivity contribution in [2.45, 2.75) is 24.9 Å². The van der Waals surface area contributed by atoms with Crippen LogP contribution in [0.1, 0.15) is 28.8 Å². The van der Waals surface area contributed by atoms with E-state index in [0.29, 0.717) is 19.6 Å². The molecule has 2 aromatic carbocycles. The van der Waals surface area contributed by atoms with E-state index in [1.807, 2.05) is 30.3 Å². The fourth-order valence-corrected chi connectivity index (χ4v) is 4.37. The fourth-order valence-electron chi connectivity index (χ4n) is 3.48. The van der Waals surface area contributed by atoms with Gasteiger partial charge in [0.1, 0.15) is 0 Å². The molecular formula is C23H26N4O2S. The average molecular weight is 423 g/mol. The average Bonchev–Trinajstić information content (AvgIpc) is 3.22. The van der Waals surface area contributed by atoms with Crippen LogP contribution in [-0.2, 0) is 4.74 Å². The Morgan fingerprint density at radius 1 is 1.07 bits per heavy atom. The van der Waals surface area contributed by atoms with Gasteiger partial charge in [0.15, 0.2) is 10.9 Å². The van der Waals surface area contributed by atoms with Crippen molar-refractivity contribution < 1.29 is 9.53 Å². The zero-order valence-electron chi connectivity index (χ0n) is 17.2. The molecule has 4 rings (SSSR count). The zero-order chi connectivity index (χ0) is 20.8. The molecule has 1 fully saturated rings. The van der Waals surface area contributed by atoms with Gasteiger partial charge in [-0.05, 0) is 31.0 Å². The van der Waals surface area contributed by atoms with E-state index in [2.05, 4.69) is 50.9 Å². The van der Waals surface area contributed by atoms with Crippen LogP contribution in [0.5, 0.6) is 0 Å². The summed E-state index contributed by atoms with van der Waals surface area (Å²) in [4.78, 5) is 14.6. The predicted molar refractivity (Wildman–Crippen MR) is 120 cm³/mol. The number of ketones is 1. The third kappa shape index (κ3) is 4.91. The number of Topliss-reactive ketones (excluding diaryl/α,β-unsaturated/α-hetero) is 1. The molecule has 1 aromatic heterocycles. The van der Waals surface area contributed by atoms with E-state index in [9.17, 15) is 4.79 Å². The first-order valence-corrected chi connectivity index (χ1v) is 11.3. The number of rotatable bonds is 8. The highest BCUT2D eigenvalue weighted by molar-refractivity contribution is 7.99. The van der Waals surface area contributed by atoms with Gasteiger partial charge in [-0.2, -0.15) is 0 Å². The summed E-state index contributed by atoms with van der Waals surface area (Å²) < 4.78 is 7.62. The van der Waals surface area contributed by atoms with Gasteiger partial charge in [-0.25, -0.2) is 0 Å². The molecule has 0 aliphatic carbocycles. The van der Waals surface area contributed by atoms with E-state index >= 15 is 0 Å². The lowest BCUT2D eigenvalue weighted by molar-refractivity contribution is 0.0982. The smallest absolute Gasteiger partial charge is 0.232 e. The molecule has 1 saturated heterocycles. The first-order valence-electron chi connectivity index (χ1n) is 10.3. The summed E-state index contributed by atoms with van der Waals surface area (Å²) in [5, 5.41) is 9.84. The summed E-state index contributed by atoms with van der Waals surface area (Å²) in [6.07, 6.45) is 1.33. The zero-order valence-corrected chi connectivity index (χ0v) is 18.0. The number of hydrogen-bond acceptors (Lipinski definition) is 6. The second-order valence-corrected chi connectivity index (χ2v) is 8.36. The molecule has 3 aromatic rings. The Bertz CT molecular complexity index is 984. The lowest BCUT2D eigenvalue weighted by atomic mass is 10.1. The Labute approximate surface area is 181 Å². The van der Waals surface area contributed by atoms with Gasteiger partial charge in [0, 0.05) is 30.8 Å². The Morgan fingerprint density at radius 3 is 2.63 bits per heavy atom. The van der Waals surface area contributed by atoms with Gasteiger partial charge >= 0.3 is 0 Å². The van der Waals surface area contributed by atoms with E-state index < -0.39 is 0 Å². The maximum atomic E-state index is 12.3. The number of thioether (sulfide) groups is 1. The molecule has 1 aliphatic heterocycles. The quantitative estimate of drug-likeness (QED) is 0.309. The molecule has 0 spiro atoms. The van der Waals surface area contributed by atoms with Crippen LogP contribution in [0.15, 0.2) is 59.8 Å². The minimum Gasteiger partial charge on any atom is -0.378 e. The van der Waals surface area contributed by atoms with Crippen LogP contribution in [0.4, 0.5) is 5.95 Å². The largest absolute Gasteiger partial charge is 0.378 e. The van der Waals surface area contributed by atoms with Crippen LogP contribution in [0.3, 0.4) is 0 Å². The molecule has 7 heteroatoms. The minimum atomic E-state index is 0.186. The predicted octanol–water partition coefficient (Wildman–Crippen LogP) is 4.17. The molecule has 1 aliphatic rings. The SMILES string of the molecule is Cc1cccc(-n2c(SCCCC(=O)c3ccccc3)nnc2N2CCOCC2)c1. The van der Waals surface area contributed by atoms with Gasteiger partial charge in [-0.3, -0.25) is 9.36 Å². The van der Waals surface area contributed by atoms with E-state index in [1.54, 1.807) is 11.8 Å². The summed E-state index contributed by atoms with van der Waals surface area (Å²) in [6, 6.07) is 17.9. The molecule has 0 saturated carbocycles. The summed E-state index contributed by atoms with van der Waals surface area (Å²) >= 11 is 1.65. The summed E-state index contributed by atoms with van der Waals surface area (Å²) in [5.41, 5.74) is 3.03. The molecule has 0 atom stereocenters. The Hall–Kier alpha value is -2.64. The maximum absolute atomic E-state index is 12.3. The Morgan fingerprint density at radius 2 is 1.87 bits per heavy atom. The molecule has 0 N–H and O–H groups in total. The number of ether oxygens (including phenoxy) is 1. The maximum Gasteiger partial charge on any atom is 0.232 e. The number of hydrogen-bond donors (Lipinski definition) is 0. The van der Waals surface area contributed by atoms with Gasteiger partial charge in [0.25, 0.3) is 0 Å². The van der Waals surface area contributed by atoms with Crippen molar-refractivity contribution in [3.05, 3.63) is 65.7 Å². The summed E-state index contributed by atoms with van der Waals surface area (Å²) in [5.74, 6) is 1.85. The van der Waals surface area contributed by atoms with Crippen molar-refractivity contribution in [3.8, 4) is 5.69 Å². The van der Waals surface area contributed by atoms with E-state index in [1.165, 1.54) is 5.56 Å². The van der Waals surface area contributed by atoms with Crippen molar-refractivity contribution in [1.82, 2.24) is 14.8 Å². The Balaban J connectivity index is 1.47. The van der Waals surface area contributed by atoms with Crippen LogP contribution in [0, 0.1) is 6.92 Å². The molecule has 6 nitrogen and oxygen atoms in total. The lowest BCUT2D eigenvalue weighted by Gasteiger charge is -2.28. The molecule has 0 unspecified atom stereocenters. The number of anilines is 1. The first kappa shape index (κ1) is 20.6. The van der Waals surface area contributed by atoms with Crippen molar-refractivity contribution in [2.24, 2.45) is 0 Å². The van der Waals surface area contributed by atoms with E-state index in [-0.39, 0.29) is 5.78 Å². The number of carbonyl (C=O) groups is 1. The first-order chi connectivity index (χ1) is 14.7. The highest BCUT2D eigenvalue weighted by Crippen LogP contribution is 2.28. The van der Waals surface area contributed by atoms with E-state index in [4.69, 9.17) is 4.74 Å².